The molecule has 0 spiro atoms. The van der Waals surface area contributed by atoms with E-state index < -0.39 is 0 Å². The Labute approximate surface area is 123 Å². The molecule has 1 saturated heterocycles. The van der Waals surface area contributed by atoms with Crippen LogP contribution in [0.15, 0.2) is 24.3 Å². The molecule has 0 amide bonds. The molecular formula is C15H20FN5. The van der Waals surface area contributed by atoms with Gasteiger partial charge in [-0.2, -0.15) is 4.98 Å². The summed E-state index contributed by atoms with van der Waals surface area (Å²) in [5.41, 5.74) is 6.37. The van der Waals surface area contributed by atoms with Gasteiger partial charge in [0.05, 0.1) is 0 Å². The van der Waals surface area contributed by atoms with Gasteiger partial charge in [-0.3, -0.25) is 5.10 Å². The first-order chi connectivity index (χ1) is 10.3. The number of aromatic nitrogens is 3. The van der Waals surface area contributed by atoms with Gasteiger partial charge in [0.15, 0.2) is 0 Å². The van der Waals surface area contributed by atoms with E-state index >= 15 is 0 Å². The minimum absolute atomic E-state index is 0.211. The number of aromatic amines is 1. The third-order valence-corrected chi connectivity index (χ3v) is 3.97. The molecule has 1 aromatic heterocycles. The zero-order chi connectivity index (χ0) is 14.7. The molecule has 2 heterocycles. The molecular weight excluding hydrogens is 269 g/mol. The van der Waals surface area contributed by atoms with Gasteiger partial charge in [-0.15, -0.1) is 5.10 Å². The van der Waals surface area contributed by atoms with Gasteiger partial charge < -0.3 is 10.6 Å². The Balaban J connectivity index is 1.70. The second-order valence-electron chi connectivity index (χ2n) is 5.54. The van der Waals surface area contributed by atoms with E-state index in [4.69, 9.17) is 5.73 Å². The number of halogens is 1. The van der Waals surface area contributed by atoms with E-state index in [0.717, 1.165) is 19.5 Å². The maximum atomic E-state index is 13.6. The molecule has 1 aliphatic rings. The number of rotatable bonds is 4. The molecule has 0 aliphatic carbocycles. The summed E-state index contributed by atoms with van der Waals surface area (Å²) in [4.78, 5) is 6.65. The number of hydrogen-bond donors (Lipinski definition) is 2. The van der Waals surface area contributed by atoms with Crippen molar-refractivity contribution in [3.8, 4) is 0 Å². The fourth-order valence-electron chi connectivity index (χ4n) is 2.77. The largest absolute Gasteiger partial charge is 0.339 e. The molecule has 1 aromatic carbocycles. The summed E-state index contributed by atoms with van der Waals surface area (Å²) >= 11 is 0. The fourth-order valence-corrected chi connectivity index (χ4v) is 2.77. The Morgan fingerprint density at radius 1 is 1.38 bits per heavy atom. The van der Waals surface area contributed by atoms with Crippen LogP contribution >= 0.6 is 0 Å². The molecule has 112 valence electrons. The van der Waals surface area contributed by atoms with Crippen LogP contribution in [-0.2, 0) is 6.42 Å². The second kappa shape index (κ2) is 6.22. The van der Waals surface area contributed by atoms with E-state index in [1.54, 1.807) is 12.1 Å². The molecule has 1 fully saturated rings. The molecule has 2 aromatic rings. The lowest BCUT2D eigenvalue weighted by molar-refractivity contribution is 0.420. The van der Waals surface area contributed by atoms with Gasteiger partial charge >= 0.3 is 0 Å². The topological polar surface area (TPSA) is 70.8 Å². The number of benzene rings is 1. The van der Waals surface area contributed by atoms with Crippen molar-refractivity contribution in [2.75, 3.05) is 24.5 Å². The first kappa shape index (κ1) is 14.0. The number of piperidine rings is 1. The highest BCUT2D eigenvalue weighted by Gasteiger charge is 2.21. The number of nitrogens with two attached hydrogens (primary N) is 1. The van der Waals surface area contributed by atoms with Crippen molar-refractivity contribution in [2.45, 2.75) is 19.3 Å². The molecule has 6 heteroatoms. The van der Waals surface area contributed by atoms with Gasteiger partial charge in [-0.1, -0.05) is 18.2 Å². The number of anilines is 1. The maximum Gasteiger partial charge on any atom is 0.244 e. The average Bonchev–Trinajstić information content (AvgIpc) is 2.98. The third-order valence-electron chi connectivity index (χ3n) is 3.97. The van der Waals surface area contributed by atoms with Crippen LogP contribution in [0.25, 0.3) is 0 Å². The van der Waals surface area contributed by atoms with E-state index in [0.29, 0.717) is 36.2 Å². The predicted molar refractivity (Wildman–Crippen MR) is 79.6 cm³/mol. The minimum atomic E-state index is -0.211. The van der Waals surface area contributed by atoms with Crippen LogP contribution < -0.4 is 10.6 Å². The molecule has 0 saturated carbocycles. The van der Waals surface area contributed by atoms with E-state index in [9.17, 15) is 4.39 Å². The zero-order valence-electron chi connectivity index (χ0n) is 11.9. The van der Waals surface area contributed by atoms with E-state index in [-0.39, 0.29) is 5.82 Å². The average molecular weight is 289 g/mol. The highest BCUT2D eigenvalue weighted by molar-refractivity contribution is 5.31. The lowest BCUT2D eigenvalue weighted by Gasteiger charge is -2.31. The van der Waals surface area contributed by atoms with Crippen LogP contribution in [0.3, 0.4) is 0 Å². The molecule has 5 nitrogen and oxygen atoms in total. The van der Waals surface area contributed by atoms with Gasteiger partial charge in [-0.05, 0) is 36.9 Å². The molecule has 0 bridgehead atoms. The smallest absolute Gasteiger partial charge is 0.244 e. The normalized spacial score (nSPS) is 19.0. The molecule has 3 N–H and O–H groups in total. The lowest BCUT2D eigenvalue weighted by atomic mass is 9.99. The summed E-state index contributed by atoms with van der Waals surface area (Å²) in [6.07, 6.45) is 2.70. The van der Waals surface area contributed by atoms with Crippen LogP contribution in [0, 0.1) is 11.7 Å². The first-order valence-corrected chi connectivity index (χ1v) is 7.36. The van der Waals surface area contributed by atoms with Crippen molar-refractivity contribution in [1.82, 2.24) is 15.2 Å². The number of H-pyrrole nitrogens is 1. The third kappa shape index (κ3) is 3.21. The van der Waals surface area contributed by atoms with E-state index in [1.165, 1.54) is 12.5 Å². The molecule has 21 heavy (non-hydrogen) atoms. The fraction of sp³-hybridized carbons (Fsp3) is 0.467. The lowest BCUT2D eigenvalue weighted by Crippen LogP contribution is -2.39. The zero-order valence-corrected chi connectivity index (χ0v) is 11.9. The minimum Gasteiger partial charge on any atom is -0.339 e. The van der Waals surface area contributed by atoms with Gasteiger partial charge in [-0.25, -0.2) is 4.39 Å². The maximum absolute atomic E-state index is 13.6. The van der Waals surface area contributed by atoms with Crippen molar-refractivity contribution >= 4 is 5.95 Å². The van der Waals surface area contributed by atoms with Crippen molar-refractivity contribution in [3.05, 3.63) is 41.5 Å². The van der Waals surface area contributed by atoms with Crippen LogP contribution in [0.1, 0.15) is 24.2 Å². The number of hydrogen-bond acceptors (Lipinski definition) is 4. The van der Waals surface area contributed by atoms with Crippen LogP contribution in [0.5, 0.6) is 0 Å². The Morgan fingerprint density at radius 3 is 3.05 bits per heavy atom. The van der Waals surface area contributed by atoms with Gasteiger partial charge in [0, 0.05) is 19.5 Å². The van der Waals surface area contributed by atoms with E-state index in [1.807, 2.05) is 6.07 Å². The second-order valence-corrected chi connectivity index (χ2v) is 5.54. The summed E-state index contributed by atoms with van der Waals surface area (Å²) < 4.78 is 13.6. The summed E-state index contributed by atoms with van der Waals surface area (Å²) in [5, 5.41) is 7.17. The highest BCUT2D eigenvalue weighted by Crippen LogP contribution is 2.20. The molecule has 3 rings (SSSR count). The Bertz CT molecular complexity index is 597. The highest BCUT2D eigenvalue weighted by atomic mass is 19.1. The summed E-state index contributed by atoms with van der Waals surface area (Å²) in [7, 11) is 0. The summed E-state index contributed by atoms with van der Waals surface area (Å²) in [5.74, 6) is 1.67. The van der Waals surface area contributed by atoms with Crippen LogP contribution in [0.2, 0.25) is 0 Å². The molecule has 1 aliphatic heterocycles. The number of nitrogens with one attached hydrogen (secondary N) is 1. The van der Waals surface area contributed by atoms with Crippen molar-refractivity contribution < 1.29 is 4.39 Å². The van der Waals surface area contributed by atoms with Crippen molar-refractivity contribution in [2.24, 2.45) is 11.7 Å². The van der Waals surface area contributed by atoms with Crippen molar-refractivity contribution in [3.63, 3.8) is 0 Å². The number of nitrogens with zero attached hydrogens (tertiary/aromatic N) is 3. The van der Waals surface area contributed by atoms with Gasteiger partial charge in [0.2, 0.25) is 5.95 Å². The summed E-state index contributed by atoms with van der Waals surface area (Å²) in [6.45, 7) is 2.55. The quantitative estimate of drug-likeness (QED) is 0.899. The van der Waals surface area contributed by atoms with Gasteiger partial charge in [0.1, 0.15) is 11.6 Å². The summed E-state index contributed by atoms with van der Waals surface area (Å²) in [6, 6.07) is 6.74. The molecule has 1 atom stereocenters. The Kier molecular flexibility index (Phi) is 4.15. The van der Waals surface area contributed by atoms with Crippen LogP contribution in [-0.4, -0.2) is 34.8 Å². The van der Waals surface area contributed by atoms with E-state index in [2.05, 4.69) is 20.1 Å². The first-order valence-electron chi connectivity index (χ1n) is 7.36. The van der Waals surface area contributed by atoms with Gasteiger partial charge in [0.25, 0.3) is 0 Å². The molecule has 0 radical (unpaired) electrons. The SMILES string of the molecule is NCC1CCCN(c2n[nH]c(Cc3ccccc3F)n2)C1. The Morgan fingerprint density at radius 2 is 2.24 bits per heavy atom. The monoisotopic (exact) mass is 289 g/mol. The standard InChI is InChI=1S/C15H20FN5/c16-13-6-2-1-5-12(13)8-14-18-15(20-19-14)21-7-3-4-11(9-17)10-21/h1-2,5-6,11H,3-4,7-10,17H2,(H,18,19,20). The Hall–Kier alpha value is -1.95. The predicted octanol–water partition coefficient (Wildman–Crippen LogP) is 1.71. The van der Waals surface area contributed by atoms with Crippen molar-refractivity contribution in [1.29, 1.82) is 0 Å². The van der Waals surface area contributed by atoms with Crippen LogP contribution in [0.4, 0.5) is 10.3 Å². The molecule has 1 unspecified atom stereocenters.